The smallest absolute Gasteiger partial charge is 0.306 e. The van der Waals surface area contributed by atoms with Crippen molar-refractivity contribution in [1.29, 1.82) is 0 Å². The Balaban J connectivity index is 1.92. The summed E-state index contributed by atoms with van der Waals surface area (Å²) >= 11 is 0. The lowest BCUT2D eigenvalue weighted by atomic mass is 9.87. The van der Waals surface area contributed by atoms with Gasteiger partial charge < -0.3 is 10.0 Å². The van der Waals surface area contributed by atoms with Crippen molar-refractivity contribution >= 4 is 11.9 Å². The Hall–Kier alpha value is -1.98. The molecule has 1 unspecified atom stereocenters. The van der Waals surface area contributed by atoms with E-state index >= 15 is 0 Å². The molecule has 17 heavy (non-hydrogen) atoms. The van der Waals surface area contributed by atoms with Gasteiger partial charge in [0.2, 0.25) is 0 Å². The summed E-state index contributed by atoms with van der Waals surface area (Å²) in [6.07, 6.45) is 4.38. The van der Waals surface area contributed by atoms with E-state index in [4.69, 9.17) is 5.11 Å². The number of carbonyl (C=O) groups excluding carboxylic acids is 1. The van der Waals surface area contributed by atoms with Gasteiger partial charge in [-0.05, 0) is 0 Å². The Morgan fingerprint density at radius 2 is 2.18 bits per heavy atom. The third kappa shape index (κ3) is 2.25. The maximum absolute atomic E-state index is 11.8. The molecule has 1 N–H and O–H groups in total. The van der Waals surface area contributed by atoms with Crippen molar-refractivity contribution in [2.75, 3.05) is 13.1 Å². The van der Waals surface area contributed by atoms with Gasteiger partial charge in [0.1, 0.15) is 5.69 Å². The maximum Gasteiger partial charge on any atom is 0.306 e. The van der Waals surface area contributed by atoms with Gasteiger partial charge in [-0.25, -0.2) is 4.98 Å². The highest BCUT2D eigenvalue weighted by Gasteiger charge is 2.37. The highest BCUT2D eigenvalue weighted by Crippen LogP contribution is 2.25. The number of carboxylic acid groups (broad SMARTS) is 1. The second-order valence-electron chi connectivity index (χ2n) is 4.19. The largest absolute Gasteiger partial charge is 0.481 e. The van der Waals surface area contributed by atoms with Crippen LogP contribution in [0.3, 0.4) is 0 Å². The number of likely N-dealkylation sites (tertiary alicyclic amines) is 1. The zero-order valence-corrected chi connectivity index (χ0v) is 9.41. The fourth-order valence-electron chi connectivity index (χ4n) is 1.77. The summed E-state index contributed by atoms with van der Waals surface area (Å²) in [4.78, 5) is 31.9. The van der Waals surface area contributed by atoms with Crippen LogP contribution in [0.1, 0.15) is 17.4 Å². The Morgan fingerprint density at radius 1 is 1.47 bits per heavy atom. The van der Waals surface area contributed by atoms with Crippen LogP contribution in [-0.4, -0.2) is 44.9 Å². The lowest BCUT2D eigenvalue weighted by molar-refractivity contribution is -0.144. The molecule has 1 amide bonds. The maximum atomic E-state index is 11.8. The highest BCUT2D eigenvalue weighted by molar-refractivity contribution is 5.92. The number of amides is 1. The number of hydrogen-bond acceptors (Lipinski definition) is 4. The predicted molar refractivity (Wildman–Crippen MR) is 58.2 cm³/mol. The van der Waals surface area contributed by atoms with Gasteiger partial charge in [-0.15, -0.1) is 0 Å². The van der Waals surface area contributed by atoms with E-state index < -0.39 is 11.9 Å². The average Bonchev–Trinajstić information content (AvgIpc) is 2.27. The molecular weight excluding hydrogens is 222 g/mol. The Kier molecular flexibility index (Phi) is 3.03. The molecule has 0 bridgehead atoms. The summed E-state index contributed by atoms with van der Waals surface area (Å²) in [7, 11) is 0. The van der Waals surface area contributed by atoms with Crippen molar-refractivity contribution in [3.63, 3.8) is 0 Å². The molecule has 0 aromatic carbocycles. The van der Waals surface area contributed by atoms with E-state index in [1.807, 2.05) is 0 Å². The van der Waals surface area contributed by atoms with Crippen LogP contribution in [0.15, 0.2) is 18.6 Å². The fourth-order valence-corrected chi connectivity index (χ4v) is 1.77. The summed E-state index contributed by atoms with van der Waals surface area (Å²) in [5, 5.41) is 8.83. The van der Waals surface area contributed by atoms with Gasteiger partial charge in [-0.1, -0.05) is 6.92 Å². The van der Waals surface area contributed by atoms with Crippen molar-refractivity contribution in [2.45, 2.75) is 6.92 Å². The molecular formula is C11H13N3O3. The molecule has 1 saturated heterocycles. The number of rotatable bonds is 3. The molecule has 1 aliphatic heterocycles. The summed E-state index contributed by atoms with van der Waals surface area (Å²) in [6.45, 7) is 2.61. The number of aliphatic carboxylic acids is 1. The third-order valence-corrected chi connectivity index (χ3v) is 3.08. The molecule has 1 fully saturated rings. The van der Waals surface area contributed by atoms with Gasteiger partial charge in [0, 0.05) is 31.4 Å². The summed E-state index contributed by atoms with van der Waals surface area (Å²) < 4.78 is 0. The first-order chi connectivity index (χ1) is 8.09. The Labute approximate surface area is 98.3 Å². The van der Waals surface area contributed by atoms with Crippen molar-refractivity contribution in [1.82, 2.24) is 14.9 Å². The average molecular weight is 235 g/mol. The molecule has 1 aliphatic rings. The van der Waals surface area contributed by atoms with Crippen LogP contribution in [0.5, 0.6) is 0 Å². The minimum absolute atomic E-state index is 0.0353. The van der Waals surface area contributed by atoms with Crippen LogP contribution in [0.2, 0.25) is 0 Å². The molecule has 1 aromatic heterocycles. The first-order valence-corrected chi connectivity index (χ1v) is 5.37. The first kappa shape index (κ1) is 11.5. The van der Waals surface area contributed by atoms with E-state index in [1.54, 1.807) is 11.8 Å². The normalized spacial score (nSPS) is 17.4. The van der Waals surface area contributed by atoms with Crippen LogP contribution < -0.4 is 0 Å². The number of nitrogens with zero attached hydrogens (tertiary/aromatic N) is 3. The van der Waals surface area contributed by atoms with E-state index in [0.29, 0.717) is 18.8 Å². The highest BCUT2D eigenvalue weighted by atomic mass is 16.4. The topological polar surface area (TPSA) is 83.4 Å². The van der Waals surface area contributed by atoms with Gasteiger partial charge in [-0.2, -0.15) is 0 Å². The van der Waals surface area contributed by atoms with Crippen LogP contribution in [0, 0.1) is 11.8 Å². The minimum atomic E-state index is -0.818. The minimum Gasteiger partial charge on any atom is -0.481 e. The molecule has 6 heteroatoms. The van der Waals surface area contributed by atoms with Crippen LogP contribution in [-0.2, 0) is 4.79 Å². The molecule has 2 rings (SSSR count). The molecule has 1 aromatic rings. The zero-order valence-electron chi connectivity index (χ0n) is 9.41. The van der Waals surface area contributed by atoms with Crippen LogP contribution >= 0.6 is 0 Å². The first-order valence-electron chi connectivity index (χ1n) is 5.37. The Morgan fingerprint density at radius 3 is 2.71 bits per heavy atom. The molecule has 2 heterocycles. The van der Waals surface area contributed by atoms with Gasteiger partial charge in [-0.3, -0.25) is 14.6 Å². The Bertz CT molecular complexity index is 429. The SMILES string of the molecule is CC(C(=O)O)C1CN(C(=O)c2cnccn2)C1. The fraction of sp³-hybridized carbons (Fsp3) is 0.455. The lowest BCUT2D eigenvalue weighted by Gasteiger charge is -2.40. The zero-order chi connectivity index (χ0) is 12.4. The monoisotopic (exact) mass is 235 g/mol. The predicted octanol–water partition coefficient (Wildman–Crippen LogP) is 0.269. The molecule has 90 valence electrons. The van der Waals surface area contributed by atoms with Crippen molar-refractivity contribution in [3.05, 3.63) is 24.3 Å². The second kappa shape index (κ2) is 4.48. The van der Waals surface area contributed by atoms with Crippen LogP contribution in [0.4, 0.5) is 0 Å². The number of carboxylic acids is 1. The van der Waals surface area contributed by atoms with E-state index in [1.165, 1.54) is 18.6 Å². The molecule has 6 nitrogen and oxygen atoms in total. The number of aromatic nitrogens is 2. The summed E-state index contributed by atoms with van der Waals surface area (Å²) in [6, 6.07) is 0. The lowest BCUT2D eigenvalue weighted by Crippen LogP contribution is -2.53. The second-order valence-corrected chi connectivity index (χ2v) is 4.19. The molecule has 1 atom stereocenters. The molecule has 0 radical (unpaired) electrons. The molecule has 0 aliphatic carbocycles. The van der Waals surface area contributed by atoms with Gasteiger partial charge in [0.15, 0.2) is 0 Å². The summed E-state index contributed by atoms with van der Waals surface area (Å²) in [5.74, 6) is -1.39. The number of hydrogen-bond donors (Lipinski definition) is 1. The van der Waals surface area contributed by atoms with Crippen molar-refractivity contribution in [2.24, 2.45) is 11.8 Å². The summed E-state index contributed by atoms with van der Waals surface area (Å²) in [5.41, 5.74) is 0.300. The van der Waals surface area contributed by atoms with Gasteiger partial charge >= 0.3 is 5.97 Å². The van der Waals surface area contributed by atoms with E-state index in [9.17, 15) is 9.59 Å². The van der Waals surface area contributed by atoms with Crippen molar-refractivity contribution < 1.29 is 14.7 Å². The standard InChI is InChI=1S/C11H13N3O3/c1-7(11(16)17)8-5-14(6-8)10(15)9-4-12-2-3-13-9/h2-4,7-8H,5-6H2,1H3,(H,16,17). The van der Waals surface area contributed by atoms with E-state index in [2.05, 4.69) is 9.97 Å². The van der Waals surface area contributed by atoms with Gasteiger partial charge in [0.25, 0.3) is 5.91 Å². The molecule has 0 spiro atoms. The number of carbonyl (C=O) groups is 2. The van der Waals surface area contributed by atoms with Crippen LogP contribution in [0.25, 0.3) is 0 Å². The quantitative estimate of drug-likeness (QED) is 0.813. The third-order valence-electron chi connectivity index (χ3n) is 3.08. The molecule has 0 saturated carbocycles. The van der Waals surface area contributed by atoms with Crippen molar-refractivity contribution in [3.8, 4) is 0 Å². The van der Waals surface area contributed by atoms with Gasteiger partial charge in [0.05, 0.1) is 12.1 Å². The van der Waals surface area contributed by atoms with E-state index in [-0.39, 0.29) is 11.8 Å². The van der Waals surface area contributed by atoms with E-state index in [0.717, 1.165) is 0 Å².